The zero-order chi connectivity index (χ0) is 40.8. The molecule has 11 nitrogen and oxygen atoms in total. The van der Waals surface area contributed by atoms with Crippen LogP contribution in [0.3, 0.4) is 0 Å². The molecule has 300 valence electrons. The number of ether oxygens (including phenoxy) is 4. The summed E-state index contributed by atoms with van der Waals surface area (Å²) >= 11 is 0. The van der Waals surface area contributed by atoms with Gasteiger partial charge in [-0.15, -0.1) is 0 Å². The van der Waals surface area contributed by atoms with E-state index in [1.54, 1.807) is 37.3 Å². The molecule has 11 heteroatoms. The van der Waals surface area contributed by atoms with E-state index >= 15 is 0 Å². The molecule has 0 aromatic heterocycles. The fraction of sp³-hybridized carbons (Fsp3) is 0.362. The van der Waals surface area contributed by atoms with Crippen LogP contribution in [0.15, 0.2) is 89.0 Å². The number of aliphatic imine (C=N–C) groups is 2. The predicted octanol–water partition coefficient (Wildman–Crippen LogP) is 8.90. The molecule has 0 bridgehead atoms. The molecule has 4 aliphatic rings. The molecule has 0 aliphatic carbocycles. The van der Waals surface area contributed by atoms with Crippen molar-refractivity contribution in [3.8, 4) is 23.0 Å². The lowest BCUT2D eigenvalue weighted by molar-refractivity contribution is 0.0702. The Morgan fingerprint density at radius 2 is 1.28 bits per heavy atom. The van der Waals surface area contributed by atoms with Crippen molar-refractivity contribution < 1.29 is 28.5 Å². The SMILES string of the molecule is CNc1ccc(C2=CN3C(=O)c4cc(OC)c(OCC(C)(C)CC(C)(C)COc5cc6c(cc5OC)C(=O)N5Cc7ccccc7C[C@H]5C=N6)cc4N=C[C@@H]3C2)cc1. The number of amides is 2. The maximum atomic E-state index is 13.9. The monoisotopic (exact) mass is 781 g/mol. The summed E-state index contributed by atoms with van der Waals surface area (Å²) in [5.74, 6) is 1.84. The Hall–Kier alpha value is -6.10. The van der Waals surface area contributed by atoms with Crippen LogP contribution < -0.4 is 24.3 Å². The number of hydrogen-bond acceptors (Lipinski definition) is 9. The maximum absolute atomic E-state index is 13.9. The van der Waals surface area contributed by atoms with Crippen LogP contribution in [0, 0.1) is 10.8 Å². The summed E-state index contributed by atoms with van der Waals surface area (Å²) in [5, 5.41) is 3.15. The number of nitrogens with one attached hydrogen (secondary N) is 1. The number of rotatable bonds is 12. The number of methoxy groups -OCH3 is 2. The van der Waals surface area contributed by atoms with Crippen molar-refractivity contribution in [1.82, 2.24) is 9.80 Å². The molecule has 4 heterocycles. The van der Waals surface area contributed by atoms with Gasteiger partial charge in [-0.3, -0.25) is 19.6 Å². The molecule has 8 rings (SSSR count). The van der Waals surface area contributed by atoms with Crippen LogP contribution in [0.4, 0.5) is 17.1 Å². The number of anilines is 1. The first-order valence-electron chi connectivity index (χ1n) is 19.8. The molecule has 0 unspecified atom stereocenters. The molecule has 58 heavy (non-hydrogen) atoms. The van der Waals surface area contributed by atoms with E-state index in [9.17, 15) is 9.59 Å². The molecule has 4 aromatic rings. The minimum absolute atomic E-state index is 0.0676. The highest BCUT2D eigenvalue weighted by molar-refractivity contribution is 6.06. The molecular weight excluding hydrogens is 731 g/mol. The van der Waals surface area contributed by atoms with Gasteiger partial charge < -0.3 is 34.1 Å². The van der Waals surface area contributed by atoms with Crippen molar-refractivity contribution in [2.75, 3.05) is 39.8 Å². The molecule has 4 aromatic carbocycles. The molecule has 0 saturated carbocycles. The third kappa shape index (κ3) is 7.65. The smallest absolute Gasteiger partial charge is 0.260 e. The quantitative estimate of drug-likeness (QED) is 0.153. The van der Waals surface area contributed by atoms with Crippen LogP contribution in [-0.2, 0) is 13.0 Å². The lowest BCUT2D eigenvalue weighted by Crippen LogP contribution is -2.44. The molecular formula is C47H51N5O6. The van der Waals surface area contributed by atoms with Gasteiger partial charge in [0.05, 0.1) is 62.0 Å². The van der Waals surface area contributed by atoms with Gasteiger partial charge in [-0.25, -0.2) is 0 Å². The van der Waals surface area contributed by atoms with Gasteiger partial charge in [-0.1, -0.05) is 64.1 Å². The van der Waals surface area contributed by atoms with Crippen LogP contribution in [0.25, 0.3) is 5.57 Å². The topological polar surface area (TPSA) is 114 Å². The Labute approximate surface area is 340 Å². The van der Waals surface area contributed by atoms with E-state index in [-0.39, 0.29) is 34.7 Å². The van der Waals surface area contributed by atoms with Crippen molar-refractivity contribution in [2.45, 2.75) is 65.6 Å². The lowest BCUT2D eigenvalue weighted by atomic mass is 9.76. The summed E-state index contributed by atoms with van der Waals surface area (Å²) in [6.07, 6.45) is 7.84. The largest absolute Gasteiger partial charge is 0.493 e. The first-order valence-corrected chi connectivity index (χ1v) is 19.8. The number of carbonyl (C=O) groups excluding carboxylic acids is 2. The van der Waals surface area contributed by atoms with E-state index in [4.69, 9.17) is 28.9 Å². The van der Waals surface area contributed by atoms with Crippen molar-refractivity contribution >= 4 is 46.9 Å². The number of hydrogen-bond donors (Lipinski definition) is 1. The molecule has 2 amide bonds. The van der Waals surface area contributed by atoms with Gasteiger partial charge in [0, 0.05) is 56.5 Å². The molecule has 4 aliphatic heterocycles. The highest BCUT2D eigenvalue weighted by Crippen LogP contribution is 2.43. The van der Waals surface area contributed by atoms with Crippen molar-refractivity contribution in [3.63, 3.8) is 0 Å². The second-order valence-corrected chi connectivity index (χ2v) is 17.1. The van der Waals surface area contributed by atoms with Gasteiger partial charge in [-0.2, -0.15) is 0 Å². The first kappa shape index (κ1) is 38.8. The second kappa shape index (κ2) is 15.3. The normalized spacial score (nSPS) is 18.2. The molecule has 0 saturated heterocycles. The standard InChI is InChI=1S/C47H51N5O6/c1-46(2,27-57-42-20-38-36(18-40(42)55-6)44(53)51-24-31-11-9-8-10-30(31)16-34(51)22-49-38)26-47(3,4)28-58-43-21-39-37(19-41(43)56-7)45(54)52-25-32(17-35(52)23-50-39)29-12-14-33(48-5)15-13-29/h8-15,18-23,25,34-35,48H,16-17,24,26-28H2,1-7H3/t34-,35-/m0/s1. The van der Waals surface area contributed by atoms with E-state index < -0.39 is 0 Å². The Bertz CT molecular complexity index is 2350. The van der Waals surface area contributed by atoms with Crippen molar-refractivity contribution in [1.29, 1.82) is 0 Å². The van der Waals surface area contributed by atoms with Crippen LogP contribution in [0.5, 0.6) is 23.0 Å². The number of fused-ring (bicyclic) bond motifs is 5. The van der Waals surface area contributed by atoms with Gasteiger partial charge in [0.25, 0.3) is 11.8 Å². The summed E-state index contributed by atoms with van der Waals surface area (Å²) in [4.78, 5) is 41.0. The van der Waals surface area contributed by atoms with Gasteiger partial charge in [-0.05, 0) is 70.2 Å². The first-order chi connectivity index (χ1) is 27.8. The summed E-state index contributed by atoms with van der Waals surface area (Å²) in [5.41, 5.74) is 7.14. The third-order valence-corrected chi connectivity index (χ3v) is 11.4. The zero-order valence-corrected chi connectivity index (χ0v) is 34.3. The van der Waals surface area contributed by atoms with Crippen LogP contribution in [-0.4, -0.2) is 80.6 Å². The van der Waals surface area contributed by atoms with Gasteiger partial charge in [0.1, 0.15) is 0 Å². The Morgan fingerprint density at radius 3 is 1.86 bits per heavy atom. The number of carbonyl (C=O) groups is 2. The van der Waals surface area contributed by atoms with E-state index in [0.717, 1.165) is 35.2 Å². The molecule has 1 N–H and O–H groups in total. The molecule has 0 radical (unpaired) electrons. The summed E-state index contributed by atoms with van der Waals surface area (Å²) in [6, 6.07) is 23.3. The highest BCUT2D eigenvalue weighted by Gasteiger charge is 2.36. The summed E-state index contributed by atoms with van der Waals surface area (Å²) < 4.78 is 24.4. The fourth-order valence-corrected chi connectivity index (χ4v) is 8.69. The van der Waals surface area contributed by atoms with E-state index in [1.807, 2.05) is 60.9 Å². The van der Waals surface area contributed by atoms with Gasteiger partial charge in [0.15, 0.2) is 23.0 Å². The molecule has 0 fully saturated rings. The third-order valence-electron chi connectivity index (χ3n) is 11.4. The van der Waals surface area contributed by atoms with Gasteiger partial charge in [0.2, 0.25) is 0 Å². The summed E-state index contributed by atoms with van der Waals surface area (Å²) in [6.45, 7) is 9.96. The van der Waals surface area contributed by atoms with Gasteiger partial charge >= 0.3 is 0 Å². The Morgan fingerprint density at radius 1 is 0.707 bits per heavy atom. The van der Waals surface area contributed by atoms with Crippen LogP contribution in [0.2, 0.25) is 0 Å². The summed E-state index contributed by atoms with van der Waals surface area (Å²) in [7, 11) is 5.06. The maximum Gasteiger partial charge on any atom is 0.260 e. The van der Waals surface area contributed by atoms with E-state index in [2.05, 4.69) is 57.3 Å². The second-order valence-electron chi connectivity index (χ2n) is 17.1. The van der Waals surface area contributed by atoms with Crippen LogP contribution >= 0.6 is 0 Å². The average Bonchev–Trinajstić information content (AvgIpc) is 3.55. The van der Waals surface area contributed by atoms with Crippen molar-refractivity contribution in [3.05, 3.63) is 107 Å². The highest BCUT2D eigenvalue weighted by atomic mass is 16.5. The van der Waals surface area contributed by atoms with E-state index in [1.165, 1.54) is 5.56 Å². The minimum atomic E-state index is -0.282. The molecule has 0 spiro atoms. The fourth-order valence-electron chi connectivity index (χ4n) is 8.69. The van der Waals surface area contributed by atoms with Crippen LogP contribution in [0.1, 0.15) is 77.9 Å². The molecule has 2 atom stereocenters. The zero-order valence-electron chi connectivity index (χ0n) is 34.3. The minimum Gasteiger partial charge on any atom is -0.493 e. The lowest BCUT2D eigenvalue weighted by Gasteiger charge is -2.35. The van der Waals surface area contributed by atoms with Crippen molar-refractivity contribution in [2.24, 2.45) is 20.8 Å². The average molecular weight is 782 g/mol. The Kier molecular flexibility index (Phi) is 10.3. The van der Waals surface area contributed by atoms with E-state index in [0.29, 0.717) is 71.7 Å². The Balaban J connectivity index is 0.926. The number of nitrogens with zero attached hydrogens (tertiary/aromatic N) is 4. The number of benzene rings is 4. The predicted molar refractivity (Wildman–Crippen MR) is 228 cm³/mol.